The van der Waals surface area contributed by atoms with Crippen LogP contribution in [0.3, 0.4) is 0 Å². The summed E-state index contributed by atoms with van der Waals surface area (Å²) < 4.78 is 34.5. The lowest BCUT2D eigenvalue weighted by atomic mass is 9.83. The number of sulfonamides is 1. The Bertz CT molecular complexity index is 1170. The topological polar surface area (TPSA) is 97.4 Å². The van der Waals surface area contributed by atoms with Crippen molar-refractivity contribution < 1.29 is 17.9 Å². The number of nitrogens with one attached hydrogen (secondary N) is 2. The Labute approximate surface area is 200 Å². The van der Waals surface area contributed by atoms with Crippen LogP contribution in [0.2, 0.25) is 0 Å². The fourth-order valence-corrected chi connectivity index (χ4v) is 5.02. The van der Waals surface area contributed by atoms with Crippen LogP contribution in [0.25, 0.3) is 0 Å². The van der Waals surface area contributed by atoms with Crippen molar-refractivity contribution in [3.05, 3.63) is 84.7 Å². The molecule has 1 aromatic heterocycles. The van der Waals surface area contributed by atoms with Crippen molar-refractivity contribution in [2.24, 2.45) is 5.92 Å². The molecule has 1 saturated carbocycles. The maximum atomic E-state index is 13.1. The number of hydrogen-bond acceptors (Lipinski definition) is 5. The molecular weight excluding hydrogens is 450 g/mol. The quantitative estimate of drug-likeness (QED) is 0.432. The van der Waals surface area contributed by atoms with E-state index in [0.29, 0.717) is 24.0 Å². The van der Waals surface area contributed by atoms with Gasteiger partial charge in [0.15, 0.2) is 0 Å². The normalized spacial score (nSPS) is 14.7. The summed E-state index contributed by atoms with van der Waals surface area (Å²) in [7, 11) is -3.93. The Balaban J connectivity index is 1.44. The van der Waals surface area contributed by atoms with Crippen LogP contribution >= 0.6 is 0 Å². The Morgan fingerprint density at radius 3 is 2.29 bits per heavy atom. The molecule has 1 aliphatic rings. The maximum absolute atomic E-state index is 13.1. The molecule has 1 heterocycles. The fourth-order valence-electron chi connectivity index (χ4n) is 3.83. The second-order valence-electron chi connectivity index (χ2n) is 8.50. The van der Waals surface area contributed by atoms with Gasteiger partial charge in [-0.05, 0) is 60.7 Å². The van der Waals surface area contributed by atoms with Gasteiger partial charge in [-0.1, -0.05) is 49.6 Å². The first-order valence-corrected chi connectivity index (χ1v) is 13.0. The van der Waals surface area contributed by atoms with Crippen molar-refractivity contribution in [3.8, 4) is 11.5 Å². The molecule has 0 aliphatic heterocycles. The average molecular weight is 480 g/mol. The van der Waals surface area contributed by atoms with Crippen LogP contribution in [-0.4, -0.2) is 31.9 Å². The van der Waals surface area contributed by atoms with Crippen molar-refractivity contribution in [1.29, 1.82) is 0 Å². The number of carbonyl (C=O) groups excluding carboxylic acids is 1. The lowest BCUT2D eigenvalue weighted by Gasteiger charge is -2.25. The molecule has 2 N–H and O–H groups in total. The molecule has 0 bridgehead atoms. The number of pyridine rings is 1. The molecule has 34 heavy (non-hydrogen) atoms. The molecule has 1 fully saturated rings. The lowest BCUT2D eigenvalue weighted by molar-refractivity contribution is -0.122. The molecule has 4 rings (SSSR count). The predicted octanol–water partition coefficient (Wildman–Crippen LogP) is 4.07. The van der Waals surface area contributed by atoms with Crippen LogP contribution in [0.1, 0.15) is 31.2 Å². The zero-order valence-electron chi connectivity index (χ0n) is 18.9. The van der Waals surface area contributed by atoms with Gasteiger partial charge in [0, 0.05) is 18.9 Å². The van der Waals surface area contributed by atoms with E-state index in [1.54, 1.807) is 36.7 Å². The zero-order valence-corrected chi connectivity index (χ0v) is 19.7. The van der Waals surface area contributed by atoms with Crippen molar-refractivity contribution in [2.45, 2.75) is 43.0 Å². The molecule has 178 valence electrons. The minimum atomic E-state index is -3.93. The van der Waals surface area contributed by atoms with Gasteiger partial charge in [0.2, 0.25) is 15.9 Å². The average Bonchev–Trinajstić information content (AvgIpc) is 2.82. The number of carbonyl (C=O) groups is 1. The van der Waals surface area contributed by atoms with Gasteiger partial charge < -0.3 is 10.1 Å². The molecule has 1 amide bonds. The van der Waals surface area contributed by atoms with Crippen LogP contribution < -0.4 is 14.8 Å². The Hall–Kier alpha value is -3.23. The highest BCUT2D eigenvalue weighted by Gasteiger charge is 2.26. The number of aromatic nitrogens is 1. The molecule has 0 spiro atoms. The highest BCUT2D eigenvalue weighted by Crippen LogP contribution is 2.28. The maximum Gasteiger partial charge on any atom is 0.241 e. The first-order valence-electron chi connectivity index (χ1n) is 11.5. The predicted molar refractivity (Wildman–Crippen MR) is 130 cm³/mol. The van der Waals surface area contributed by atoms with Crippen LogP contribution in [0.15, 0.2) is 84.0 Å². The third-order valence-electron chi connectivity index (χ3n) is 5.99. The summed E-state index contributed by atoms with van der Waals surface area (Å²) >= 11 is 0. The highest BCUT2D eigenvalue weighted by atomic mass is 32.2. The van der Waals surface area contributed by atoms with Crippen LogP contribution in [0, 0.1) is 5.92 Å². The van der Waals surface area contributed by atoms with Crippen molar-refractivity contribution in [3.63, 3.8) is 0 Å². The lowest BCUT2D eigenvalue weighted by Crippen LogP contribution is -2.48. The van der Waals surface area contributed by atoms with Crippen LogP contribution in [-0.2, 0) is 21.2 Å². The van der Waals surface area contributed by atoms with Gasteiger partial charge >= 0.3 is 0 Å². The number of nitrogens with zero attached hydrogens (tertiary/aromatic N) is 1. The summed E-state index contributed by atoms with van der Waals surface area (Å²) in [5, 5.41) is 2.92. The van der Waals surface area contributed by atoms with Crippen molar-refractivity contribution in [2.75, 3.05) is 6.54 Å². The first kappa shape index (κ1) is 23.9. The van der Waals surface area contributed by atoms with Gasteiger partial charge in [-0.15, -0.1) is 0 Å². The number of amides is 1. The van der Waals surface area contributed by atoms with E-state index >= 15 is 0 Å². The molecule has 0 radical (unpaired) electrons. The summed E-state index contributed by atoms with van der Waals surface area (Å²) in [5.74, 6) is 1.45. The molecule has 8 heteroatoms. The van der Waals surface area contributed by atoms with E-state index < -0.39 is 16.1 Å². The van der Waals surface area contributed by atoms with Crippen LogP contribution in [0.5, 0.6) is 11.5 Å². The van der Waals surface area contributed by atoms with Crippen molar-refractivity contribution in [1.82, 2.24) is 15.0 Å². The van der Waals surface area contributed by atoms with Crippen molar-refractivity contribution >= 4 is 15.9 Å². The minimum absolute atomic E-state index is 0.0647. The number of hydrogen-bond donors (Lipinski definition) is 2. The van der Waals surface area contributed by atoms with Gasteiger partial charge in [0.25, 0.3) is 0 Å². The van der Waals surface area contributed by atoms with E-state index in [1.165, 1.54) is 31.4 Å². The number of rotatable bonds is 11. The van der Waals surface area contributed by atoms with Crippen LogP contribution in [0.4, 0.5) is 0 Å². The van der Waals surface area contributed by atoms with E-state index in [0.717, 1.165) is 12.0 Å². The molecule has 1 aliphatic carbocycles. The van der Waals surface area contributed by atoms with E-state index in [2.05, 4.69) is 15.0 Å². The smallest absolute Gasteiger partial charge is 0.241 e. The highest BCUT2D eigenvalue weighted by molar-refractivity contribution is 7.89. The standard InChI is InChI=1S/C26H29N3O4S/c30-26(28-18-13-20-7-4-8-20)25(19-21-5-2-1-3-6-21)29-34(31,32)24-11-9-22(10-12-24)33-23-14-16-27-17-15-23/h1-3,5-6,9-12,14-17,20,25,29H,4,7-8,13,18-19H2,(H,28,30)/t25-/m0/s1. The molecule has 7 nitrogen and oxygen atoms in total. The molecule has 0 saturated heterocycles. The number of ether oxygens (including phenoxy) is 1. The van der Waals surface area contributed by atoms with E-state index in [4.69, 9.17) is 4.74 Å². The van der Waals surface area contributed by atoms with E-state index in [-0.39, 0.29) is 17.2 Å². The molecule has 0 unspecified atom stereocenters. The monoisotopic (exact) mass is 479 g/mol. The summed E-state index contributed by atoms with van der Waals surface area (Å²) in [6, 6.07) is 18.0. The fraction of sp³-hybridized carbons (Fsp3) is 0.308. The van der Waals surface area contributed by atoms with Gasteiger partial charge in [-0.2, -0.15) is 4.72 Å². The first-order chi connectivity index (χ1) is 16.5. The SMILES string of the molecule is O=C(NCCC1CCC1)[C@H](Cc1ccccc1)NS(=O)(=O)c1ccc(Oc2ccncc2)cc1. The number of benzene rings is 2. The second-order valence-corrected chi connectivity index (χ2v) is 10.2. The third-order valence-corrected chi connectivity index (χ3v) is 7.48. The molecular formula is C26H29N3O4S. The second kappa shape index (κ2) is 11.3. The van der Waals surface area contributed by atoms with Gasteiger partial charge in [-0.25, -0.2) is 8.42 Å². The van der Waals surface area contributed by atoms with Gasteiger partial charge in [0.1, 0.15) is 17.5 Å². The third kappa shape index (κ3) is 6.65. The summed E-state index contributed by atoms with van der Waals surface area (Å²) in [4.78, 5) is 16.9. The Morgan fingerprint density at radius 2 is 1.65 bits per heavy atom. The Morgan fingerprint density at radius 1 is 0.971 bits per heavy atom. The molecule has 1 atom stereocenters. The molecule has 2 aromatic carbocycles. The summed E-state index contributed by atoms with van der Waals surface area (Å²) in [6.45, 7) is 0.553. The summed E-state index contributed by atoms with van der Waals surface area (Å²) in [6.07, 6.45) is 8.08. The zero-order chi connectivity index (χ0) is 23.8. The summed E-state index contributed by atoms with van der Waals surface area (Å²) in [5.41, 5.74) is 0.880. The molecule has 3 aromatic rings. The largest absolute Gasteiger partial charge is 0.457 e. The van der Waals surface area contributed by atoms with Gasteiger partial charge in [-0.3, -0.25) is 9.78 Å². The van der Waals surface area contributed by atoms with E-state index in [1.807, 2.05) is 30.3 Å². The van der Waals surface area contributed by atoms with E-state index in [9.17, 15) is 13.2 Å². The minimum Gasteiger partial charge on any atom is -0.457 e. The van der Waals surface area contributed by atoms with Gasteiger partial charge in [0.05, 0.1) is 4.90 Å². The Kier molecular flexibility index (Phi) is 7.92.